The van der Waals surface area contributed by atoms with Gasteiger partial charge in [-0.25, -0.2) is 4.79 Å². The van der Waals surface area contributed by atoms with Crippen LogP contribution in [0.2, 0.25) is 0 Å². The van der Waals surface area contributed by atoms with Crippen molar-refractivity contribution in [1.82, 2.24) is 10.6 Å². The normalized spacial score (nSPS) is 10.8. The van der Waals surface area contributed by atoms with E-state index in [0.717, 1.165) is 10.4 Å². The Balaban J connectivity index is 1.91. The number of hydrogen-bond donors (Lipinski definition) is 2. The van der Waals surface area contributed by atoms with Crippen LogP contribution < -0.4 is 10.6 Å². The lowest BCUT2D eigenvalue weighted by Gasteiger charge is -2.09. The highest BCUT2D eigenvalue weighted by atomic mass is 32.1. The fourth-order valence-electron chi connectivity index (χ4n) is 1.91. The number of thiophene rings is 1. The molecule has 0 saturated heterocycles. The molecule has 6 nitrogen and oxygen atoms in total. The van der Waals surface area contributed by atoms with Gasteiger partial charge in [0.2, 0.25) is 5.91 Å². The molecule has 1 aromatic carbocycles. The Bertz CT molecular complexity index is 755. The van der Waals surface area contributed by atoms with Crippen LogP contribution in [0.15, 0.2) is 53.5 Å². The van der Waals surface area contributed by atoms with Crippen molar-refractivity contribution in [2.24, 2.45) is 0 Å². The minimum Gasteiger partial charge on any atom is -0.451 e. The molecule has 0 spiro atoms. The molecular formula is C18H18N2O4S. The first-order chi connectivity index (χ1) is 12.0. The van der Waals surface area contributed by atoms with E-state index in [9.17, 15) is 14.4 Å². The predicted octanol–water partition coefficient (Wildman–Crippen LogP) is 2.08. The molecule has 0 aliphatic heterocycles. The van der Waals surface area contributed by atoms with Crippen molar-refractivity contribution in [3.63, 3.8) is 0 Å². The summed E-state index contributed by atoms with van der Waals surface area (Å²) in [5.41, 5.74) is 0.704. The predicted molar refractivity (Wildman–Crippen MR) is 95.4 cm³/mol. The Morgan fingerprint density at radius 3 is 2.52 bits per heavy atom. The molecule has 1 heterocycles. The molecule has 2 aromatic rings. The standard InChI is InChI=1S/C18H18N2O4S/c1-13(21)20-16(10-14-6-3-2-4-7-14)18(23)24-12-17(22)19-11-15-8-5-9-25-15/h2-10H,11-12H2,1H3,(H,19,22)(H,20,21)/b16-10-. The van der Waals surface area contributed by atoms with Gasteiger partial charge in [-0.1, -0.05) is 36.4 Å². The second-order valence-corrected chi connectivity index (χ2v) is 6.11. The molecule has 130 valence electrons. The van der Waals surface area contributed by atoms with Gasteiger partial charge in [0.05, 0.1) is 6.54 Å². The lowest BCUT2D eigenvalue weighted by Crippen LogP contribution is -2.31. The number of esters is 1. The van der Waals surface area contributed by atoms with E-state index >= 15 is 0 Å². The van der Waals surface area contributed by atoms with Gasteiger partial charge in [0.1, 0.15) is 5.70 Å². The Labute approximate surface area is 149 Å². The van der Waals surface area contributed by atoms with Gasteiger partial charge >= 0.3 is 5.97 Å². The topological polar surface area (TPSA) is 84.5 Å². The molecule has 2 N–H and O–H groups in total. The van der Waals surface area contributed by atoms with Crippen LogP contribution in [0.4, 0.5) is 0 Å². The Morgan fingerprint density at radius 2 is 1.88 bits per heavy atom. The Morgan fingerprint density at radius 1 is 1.12 bits per heavy atom. The third kappa shape index (κ3) is 6.60. The molecule has 0 aliphatic rings. The van der Waals surface area contributed by atoms with Gasteiger partial charge in [-0.3, -0.25) is 9.59 Å². The first-order valence-corrected chi connectivity index (χ1v) is 8.43. The summed E-state index contributed by atoms with van der Waals surface area (Å²) >= 11 is 1.52. The van der Waals surface area contributed by atoms with Crippen LogP contribution in [-0.2, 0) is 25.7 Å². The van der Waals surface area contributed by atoms with Gasteiger partial charge < -0.3 is 15.4 Å². The van der Waals surface area contributed by atoms with E-state index in [-0.39, 0.29) is 5.70 Å². The number of amides is 2. The summed E-state index contributed by atoms with van der Waals surface area (Å²) in [6.07, 6.45) is 1.49. The summed E-state index contributed by atoms with van der Waals surface area (Å²) in [4.78, 5) is 36.2. The van der Waals surface area contributed by atoms with Gasteiger partial charge in [0.25, 0.3) is 5.91 Å². The van der Waals surface area contributed by atoms with Crippen molar-refractivity contribution < 1.29 is 19.1 Å². The number of rotatable bonds is 7. The van der Waals surface area contributed by atoms with Crippen LogP contribution in [-0.4, -0.2) is 24.4 Å². The summed E-state index contributed by atoms with van der Waals surface area (Å²) in [5, 5.41) is 6.99. The summed E-state index contributed by atoms with van der Waals surface area (Å²) < 4.78 is 4.98. The van der Waals surface area contributed by atoms with E-state index in [1.807, 2.05) is 23.6 Å². The molecule has 0 saturated carbocycles. The molecule has 0 bridgehead atoms. The van der Waals surface area contributed by atoms with Crippen molar-refractivity contribution in [2.75, 3.05) is 6.61 Å². The van der Waals surface area contributed by atoms with E-state index in [2.05, 4.69) is 10.6 Å². The monoisotopic (exact) mass is 358 g/mol. The van der Waals surface area contributed by atoms with E-state index in [1.54, 1.807) is 24.3 Å². The highest BCUT2D eigenvalue weighted by Gasteiger charge is 2.14. The lowest BCUT2D eigenvalue weighted by molar-refractivity contribution is -0.145. The summed E-state index contributed by atoms with van der Waals surface area (Å²) in [7, 11) is 0. The number of hydrogen-bond acceptors (Lipinski definition) is 5. The molecule has 1 aromatic heterocycles. The Kier molecular flexibility index (Phi) is 6.91. The SMILES string of the molecule is CC(=O)N/C(=C\c1ccccc1)C(=O)OCC(=O)NCc1cccs1. The van der Waals surface area contributed by atoms with Crippen molar-refractivity contribution in [1.29, 1.82) is 0 Å². The fraction of sp³-hybridized carbons (Fsp3) is 0.167. The van der Waals surface area contributed by atoms with Gasteiger partial charge in [-0.2, -0.15) is 0 Å². The van der Waals surface area contributed by atoms with Crippen LogP contribution >= 0.6 is 11.3 Å². The molecule has 0 atom stereocenters. The van der Waals surface area contributed by atoms with Gasteiger partial charge in [-0.15, -0.1) is 11.3 Å². The van der Waals surface area contributed by atoms with E-state index in [4.69, 9.17) is 4.74 Å². The third-order valence-corrected chi connectivity index (χ3v) is 3.89. The average Bonchev–Trinajstić information content (AvgIpc) is 3.11. The maximum Gasteiger partial charge on any atom is 0.355 e. The first kappa shape index (κ1) is 18.4. The zero-order chi connectivity index (χ0) is 18.1. The maximum atomic E-state index is 12.1. The molecule has 2 rings (SSSR count). The minimum absolute atomic E-state index is 0.0234. The molecule has 0 unspecified atom stereocenters. The molecule has 7 heteroatoms. The van der Waals surface area contributed by atoms with E-state index in [0.29, 0.717) is 6.54 Å². The zero-order valence-corrected chi connectivity index (χ0v) is 14.5. The second-order valence-electron chi connectivity index (χ2n) is 5.08. The molecule has 25 heavy (non-hydrogen) atoms. The highest BCUT2D eigenvalue weighted by Crippen LogP contribution is 2.08. The zero-order valence-electron chi connectivity index (χ0n) is 13.7. The van der Waals surface area contributed by atoms with Gasteiger partial charge in [0, 0.05) is 11.8 Å². The smallest absolute Gasteiger partial charge is 0.355 e. The quantitative estimate of drug-likeness (QED) is 0.586. The molecular weight excluding hydrogens is 340 g/mol. The largest absolute Gasteiger partial charge is 0.451 e. The van der Waals surface area contributed by atoms with Gasteiger partial charge in [0.15, 0.2) is 6.61 Å². The minimum atomic E-state index is -0.773. The first-order valence-electron chi connectivity index (χ1n) is 7.55. The number of benzene rings is 1. The molecule has 0 aliphatic carbocycles. The van der Waals surface area contributed by atoms with Crippen molar-refractivity contribution in [2.45, 2.75) is 13.5 Å². The van der Waals surface area contributed by atoms with Crippen LogP contribution in [0.3, 0.4) is 0 Å². The van der Waals surface area contributed by atoms with Crippen LogP contribution in [0.25, 0.3) is 6.08 Å². The average molecular weight is 358 g/mol. The van der Waals surface area contributed by atoms with Crippen molar-refractivity contribution in [3.05, 3.63) is 64.0 Å². The second kappa shape index (κ2) is 9.39. The van der Waals surface area contributed by atoms with E-state index in [1.165, 1.54) is 24.3 Å². The molecule has 2 amide bonds. The number of carbonyl (C=O) groups excluding carboxylic acids is 3. The van der Waals surface area contributed by atoms with Crippen LogP contribution in [0.1, 0.15) is 17.4 Å². The highest BCUT2D eigenvalue weighted by molar-refractivity contribution is 7.09. The molecule has 0 fully saturated rings. The van der Waals surface area contributed by atoms with Crippen molar-refractivity contribution in [3.8, 4) is 0 Å². The number of ether oxygens (including phenoxy) is 1. The Hall–Kier alpha value is -2.93. The fourth-order valence-corrected chi connectivity index (χ4v) is 2.55. The summed E-state index contributed by atoms with van der Waals surface area (Å²) in [5.74, 6) is -1.59. The summed E-state index contributed by atoms with van der Waals surface area (Å²) in [6.45, 7) is 1.25. The van der Waals surface area contributed by atoms with Crippen molar-refractivity contribution >= 4 is 35.2 Å². The van der Waals surface area contributed by atoms with Crippen LogP contribution in [0, 0.1) is 0 Å². The maximum absolute atomic E-state index is 12.1. The lowest BCUT2D eigenvalue weighted by atomic mass is 10.2. The number of nitrogens with one attached hydrogen (secondary N) is 2. The van der Waals surface area contributed by atoms with Crippen LogP contribution in [0.5, 0.6) is 0 Å². The summed E-state index contributed by atoms with van der Waals surface area (Å²) in [6, 6.07) is 12.8. The van der Waals surface area contributed by atoms with E-state index < -0.39 is 24.4 Å². The number of carbonyl (C=O) groups is 3. The molecule has 0 radical (unpaired) electrons. The van der Waals surface area contributed by atoms with Gasteiger partial charge in [-0.05, 0) is 23.1 Å². The third-order valence-electron chi connectivity index (χ3n) is 3.02.